The van der Waals surface area contributed by atoms with E-state index in [9.17, 15) is 0 Å². The third-order valence-electron chi connectivity index (χ3n) is 5.71. The smallest absolute Gasteiger partial charge is 0.461 e. The maximum absolute atomic E-state index is 6.43. The van der Waals surface area contributed by atoms with Gasteiger partial charge in [0.05, 0.1) is 17.5 Å². The molecule has 0 unspecified atom stereocenters. The highest BCUT2D eigenvalue weighted by Gasteiger charge is 2.50. The molecule has 0 bridgehead atoms. The molecule has 0 saturated carbocycles. The highest BCUT2D eigenvalue weighted by atomic mass is 28.4. The van der Waals surface area contributed by atoms with E-state index in [-0.39, 0.29) is 18.3 Å². The summed E-state index contributed by atoms with van der Waals surface area (Å²) < 4.78 is 18.5. The van der Waals surface area contributed by atoms with Crippen molar-refractivity contribution in [3.05, 3.63) is 12.3 Å². The van der Waals surface area contributed by atoms with Crippen LogP contribution in [0.25, 0.3) is 0 Å². The second-order valence-electron chi connectivity index (χ2n) is 8.73. The van der Waals surface area contributed by atoms with Gasteiger partial charge in [-0.2, -0.15) is 0 Å². The van der Waals surface area contributed by atoms with Crippen molar-refractivity contribution in [1.29, 1.82) is 0 Å². The molecule has 5 heteroatoms. The third-order valence-corrected chi connectivity index (χ3v) is 11.7. The van der Waals surface area contributed by atoms with Gasteiger partial charge >= 0.3 is 7.12 Å². The number of hydrogen-bond acceptors (Lipinski definition) is 3. The molecule has 134 valence electrons. The van der Waals surface area contributed by atoms with Crippen molar-refractivity contribution in [2.45, 2.75) is 103 Å². The first kappa shape index (κ1) is 20.8. The lowest BCUT2D eigenvalue weighted by atomic mass is 9.85. The highest BCUT2D eigenvalue weighted by molar-refractivity contribution is 6.77. The molecule has 1 aliphatic rings. The minimum atomic E-state index is -1.83. The van der Waals surface area contributed by atoms with Crippen LogP contribution in [0, 0.1) is 0 Å². The lowest BCUT2D eigenvalue weighted by Gasteiger charge is -2.41. The summed E-state index contributed by atoms with van der Waals surface area (Å²) in [5.74, 6) is 0. The molecule has 0 aromatic carbocycles. The standard InChI is InChI=1S/C18H37BO3Si/c1-14(2)23(15(3)4,16(5)6)20-13-11-12-19-21-17(7,8)18(9,10)22-19/h11,13-16H,12H2,1-10H3/b13-11-. The summed E-state index contributed by atoms with van der Waals surface area (Å²) in [5, 5.41) is 0. The Morgan fingerprint density at radius 2 is 1.26 bits per heavy atom. The summed E-state index contributed by atoms with van der Waals surface area (Å²) in [4.78, 5) is 0. The minimum Gasteiger partial charge on any atom is -0.549 e. The lowest BCUT2D eigenvalue weighted by molar-refractivity contribution is 0.00578. The monoisotopic (exact) mass is 340 g/mol. The van der Waals surface area contributed by atoms with Gasteiger partial charge in [0.15, 0.2) is 0 Å². The van der Waals surface area contributed by atoms with Crippen molar-refractivity contribution >= 4 is 15.4 Å². The molecule has 1 heterocycles. The molecule has 3 nitrogen and oxygen atoms in total. The molecule has 0 aliphatic carbocycles. The first-order chi connectivity index (χ1) is 10.4. The van der Waals surface area contributed by atoms with Crippen LogP contribution in [0.1, 0.15) is 69.2 Å². The van der Waals surface area contributed by atoms with E-state index in [0.29, 0.717) is 16.6 Å². The van der Waals surface area contributed by atoms with Gasteiger partial charge in [0.1, 0.15) is 0 Å². The normalized spacial score (nSPS) is 21.2. The molecule has 0 amide bonds. The first-order valence-electron chi connectivity index (χ1n) is 9.05. The van der Waals surface area contributed by atoms with Crippen LogP contribution >= 0.6 is 0 Å². The Morgan fingerprint density at radius 1 is 0.870 bits per heavy atom. The van der Waals surface area contributed by atoms with Crippen molar-refractivity contribution in [3.63, 3.8) is 0 Å². The molecule has 0 radical (unpaired) electrons. The van der Waals surface area contributed by atoms with Crippen molar-refractivity contribution in [2.75, 3.05) is 0 Å². The van der Waals surface area contributed by atoms with Crippen LogP contribution < -0.4 is 0 Å². The van der Waals surface area contributed by atoms with Crippen LogP contribution in [0.5, 0.6) is 0 Å². The molecule has 0 spiro atoms. The van der Waals surface area contributed by atoms with Crippen molar-refractivity contribution in [2.24, 2.45) is 0 Å². The van der Waals surface area contributed by atoms with E-state index in [2.05, 4.69) is 75.3 Å². The van der Waals surface area contributed by atoms with Crippen molar-refractivity contribution in [3.8, 4) is 0 Å². The molecule has 23 heavy (non-hydrogen) atoms. The number of hydrogen-bond donors (Lipinski definition) is 0. The van der Waals surface area contributed by atoms with E-state index < -0.39 is 8.32 Å². The van der Waals surface area contributed by atoms with Crippen LogP contribution in [0.4, 0.5) is 0 Å². The average Bonchev–Trinajstić information content (AvgIpc) is 2.56. The van der Waals surface area contributed by atoms with E-state index in [0.717, 1.165) is 6.32 Å². The van der Waals surface area contributed by atoms with Gasteiger partial charge in [-0.25, -0.2) is 0 Å². The quantitative estimate of drug-likeness (QED) is 0.434. The van der Waals surface area contributed by atoms with Gasteiger partial charge in [0.25, 0.3) is 8.32 Å². The Kier molecular flexibility index (Phi) is 6.62. The molecule has 0 aromatic rings. The van der Waals surface area contributed by atoms with Crippen LogP contribution in [0.3, 0.4) is 0 Å². The fourth-order valence-electron chi connectivity index (χ4n) is 3.80. The molecular formula is C18H37BO3Si. The third kappa shape index (κ3) is 4.23. The molecule has 1 saturated heterocycles. The Hall–Kier alpha value is -0.258. The number of rotatable bonds is 7. The summed E-state index contributed by atoms with van der Waals surface area (Å²) in [7, 11) is -2.02. The SMILES string of the molecule is CC(C)[Si](O/C=C\CB1OC(C)(C)C(C)(C)O1)(C(C)C)C(C)C. The van der Waals surface area contributed by atoms with E-state index in [1.54, 1.807) is 0 Å². The van der Waals surface area contributed by atoms with E-state index >= 15 is 0 Å². The summed E-state index contributed by atoms with van der Waals surface area (Å²) in [6.45, 7) is 22.1. The zero-order valence-electron chi connectivity index (χ0n) is 16.9. The molecule has 1 rings (SSSR count). The predicted molar refractivity (Wildman–Crippen MR) is 102 cm³/mol. The fourth-order valence-corrected chi connectivity index (χ4v) is 8.95. The predicted octanol–water partition coefficient (Wildman–Crippen LogP) is 5.78. The summed E-state index contributed by atoms with van der Waals surface area (Å²) >= 11 is 0. The molecular weight excluding hydrogens is 303 g/mol. The summed E-state index contributed by atoms with van der Waals surface area (Å²) in [5.41, 5.74) is 1.23. The topological polar surface area (TPSA) is 27.7 Å². The second-order valence-corrected chi connectivity index (χ2v) is 14.1. The van der Waals surface area contributed by atoms with E-state index in [4.69, 9.17) is 13.7 Å². The van der Waals surface area contributed by atoms with Gasteiger partial charge in [-0.3, -0.25) is 0 Å². The van der Waals surface area contributed by atoms with Crippen LogP contribution in [0.15, 0.2) is 12.3 Å². The Morgan fingerprint density at radius 3 is 1.61 bits per heavy atom. The van der Waals surface area contributed by atoms with Gasteiger partial charge in [-0.05, 0) is 44.3 Å². The van der Waals surface area contributed by atoms with Gasteiger partial charge in [0, 0.05) is 6.32 Å². The Balaban J connectivity index is 2.68. The molecule has 0 atom stereocenters. The van der Waals surface area contributed by atoms with Crippen LogP contribution in [0.2, 0.25) is 22.9 Å². The maximum atomic E-state index is 6.43. The zero-order chi connectivity index (χ0) is 18.1. The van der Waals surface area contributed by atoms with E-state index in [1.807, 2.05) is 6.26 Å². The Labute approximate surface area is 145 Å². The van der Waals surface area contributed by atoms with E-state index in [1.165, 1.54) is 0 Å². The lowest BCUT2D eigenvalue weighted by Crippen LogP contribution is -2.46. The van der Waals surface area contributed by atoms with Crippen LogP contribution in [-0.4, -0.2) is 26.6 Å². The van der Waals surface area contributed by atoms with Gasteiger partial charge in [-0.15, -0.1) is 0 Å². The van der Waals surface area contributed by atoms with Gasteiger partial charge in [0.2, 0.25) is 0 Å². The van der Waals surface area contributed by atoms with Crippen LogP contribution in [-0.2, 0) is 13.7 Å². The van der Waals surface area contributed by atoms with Crippen molar-refractivity contribution in [1.82, 2.24) is 0 Å². The first-order valence-corrected chi connectivity index (χ1v) is 11.2. The highest BCUT2D eigenvalue weighted by Crippen LogP contribution is 2.42. The summed E-state index contributed by atoms with van der Waals surface area (Å²) in [6.07, 6.45) is 4.71. The largest absolute Gasteiger partial charge is 0.549 e. The fraction of sp³-hybridized carbons (Fsp3) is 0.889. The number of allylic oxidation sites excluding steroid dienone is 1. The Bertz CT molecular complexity index is 379. The average molecular weight is 340 g/mol. The summed E-state index contributed by atoms with van der Waals surface area (Å²) in [6, 6.07) is 0. The van der Waals surface area contributed by atoms with Gasteiger partial charge < -0.3 is 13.7 Å². The van der Waals surface area contributed by atoms with Crippen molar-refractivity contribution < 1.29 is 13.7 Å². The molecule has 0 N–H and O–H groups in total. The minimum absolute atomic E-state index is 0.187. The molecule has 1 aliphatic heterocycles. The second kappa shape index (κ2) is 7.32. The zero-order valence-corrected chi connectivity index (χ0v) is 17.9. The van der Waals surface area contributed by atoms with Gasteiger partial charge in [-0.1, -0.05) is 47.6 Å². The molecule has 1 fully saturated rings. The maximum Gasteiger partial charge on any atom is 0.461 e. The molecule has 0 aromatic heterocycles.